The SMILES string of the molecule is CC(SCc1ccc(CO)cc1)C(=O)OC1CCCCC1. The zero-order valence-electron chi connectivity index (χ0n) is 12.6. The summed E-state index contributed by atoms with van der Waals surface area (Å²) in [6.07, 6.45) is 5.80. The van der Waals surface area contributed by atoms with Gasteiger partial charge < -0.3 is 9.84 Å². The minimum Gasteiger partial charge on any atom is -0.462 e. The molecule has 1 aliphatic carbocycles. The number of carbonyl (C=O) groups is 1. The van der Waals surface area contributed by atoms with Crippen LogP contribution < -0.4 is 0 Å². The third-order valence-corrected chi connectivity index (χ3v) is 5.06. The summed E-state index contributed by atoms with van der Waals surface area (Å²) in [6.45, 7) is 1.98. The van der Waals surface area contributed by atoms with Crippen molar-refractivity contribution in [2.45, 2.75) is 62.7 Å². The highest BCUT2D eigenvalue weighted by molar-refractivity contribution is 7.99. The highest BCUT2D eigenvalue weighted by atomic mass is 32.2. The van der Waals surface area contributed by atoms with Gasteiger partial charge in [0.05, 0.1) is 11.9 Å². The van der Waals surface area contributed by atoms with Crippen LogP contribution in [0, 0.1) is 0 Å². The summed E-state index contributed by atoms with van der Waals surface area (Å²) < 4.78 is 5.59. The Bertz CT molecular complexity index is 438. The summed E-state index contributed by atoms with van der Waals surface area (Å²) in [7, 11) is 0. The molecule has 116 valence electrons. The number of hydrogen-bond acceptors (Lipinski definition) is 4. The second-order valence-corrected chi connectivity index (χ2v) is 6.95. The van der Waals surface area contributed by atoms with Gasteiger partial charge in [-0.3, -0.25) is 4.79 Å². The number of benzene rings is 1. The molecule has 1 atom stereocenters. The fourth-order valence-electron chi connectivity index (χ4n) is 2.47. The molecule has 0 aliphatic heterocycles. The molecule has 0 heterocycles. The Kier molecular flexibility index (Phi) is 6.58. The van der Waals surface area contributed by atoms with E-state index in [4.69, 9.17) is 9.84 Å². The Morgan fingerprint density at radius 2 is 1.86 bits per heavy atom. The number of aliphatic hydroxyl groups excluding tert-OH is 1. The summed E-state index contributed by atoms with van der Waals surface area (Å²) in [5, 5.41) is 8.87. The third-order valence-electron chi connectivity index (χ3n) is 3.87. The average Bonchev–Trinajstić information content (AvgIpc) is 2.54. The highest BCUT2D eigenvalue weighted by Crippen LogP contribution is 2.24. The number of thioether (sulfide) groups is 1. The van der Waals surface area contributed by atoms with Crippen LogP contribution >= 0.6 is 11.8 Å². The summed E-state index contributed by atoms with van der Waals surface area (Å²) in [5.74, 6) is 0.700. The van der Waals surface area contributed by atoms with Crippen LogP contribution in [0.1, 0.15) is 50.2 Å². The van der Waals surface area contributed by atoms with E-state index in [9.17, 15) is 4.79 Å². The zero-order valence-corrected chi connectivity index (χ0v) is 13.4. The highest BCUT2D eigenvalue weighted by Gasteiger charge is 2.21. The Hall–Kier alpha value is -1.00. The van der Waals surface area contributed by atoms with Crippen LogP contribution in [0.15, 0.2) is 24.3 Å². The molecule has 1 aliphatic rings. The van der Waals surface area contributed by atoms with Gasteiger partial charge in [-0.15, -0.1) is 11.8 Å². The van der Waals surface area contributed by atoms with Gasteiger partial charge in [0.1, 0.15) is 6.10 Å². The van der Waals surface area contributed by atoms with E-state index >= 15 is 0 Å². The second kappa shape index (κ2) is 8.44. The first-order valence-corrected chi connectivity index (χ1v) is 8.74. The molecule has 0 aromatic heterocycles. The summed E-state index contributed by atoms with van der Waals surface area (Å²) in [6, 6.07) is 7.83. The van der Waals surface area contributed by atoms with Crippen LogP contribution in [0.2, 0.25) is 0 Å². The Balaban J connectivity index is 1.74. The Morgan fingerprint density at radius 3 is 2.48 bits per heavy atom. The maximum atomic E-state index is 12.1. The molecule has 1 aromatic carbocycles. The number of ether oxygens (including phenoxy) is 1. The van der Waals surface area contributed by atoms with Crippen molar-refractivity contribution in [1.29, 1.82) is 0 Å². The molecule has 0 amide bonds. The molecule has 1 saturated carbocycles. The monoisotopic (exact) mass is 308 g/mol. The first-order chi connectivity index (χ1) is 10.2. The standard InChI is InChI=1S/C17H24O3S/c1-13(17(19)20-16-5-3-2-4-6-16)21-12-15-9-7-14(11-18)8-10-15/h7-10,13,16,18H,2-6,11-12H2,1H3. The van der Waals surface area contributed by atoms with Gasteiger partial charge in [0.15, 0.2) is 0 Å². The molecule has 0 saturated heterocycles. The van der Waals surface area contributed by atoms with Crippen LogP contribution in [0.5, 0.6) is 0 Å². The van der Waals surface area contributed by atoms with Crippen molar-refractivity contribution in [3.63, 3.8) is 0 Å². The van der Waals surface area contributed by atoms with Crippen LogP contribution in [0.3, 0.4) is 0 Å². The molecule has 4 heteroatoms. The van der Waals surface area contributed by atoms with E-state index in [1.165, 1.54) is 19.3 Å². The van der Waals surface area contributed by atoms with Gasteiger partial charge in [0, 0.05) is 5.75 Å². The molecule has 1 unspecified atom stereocenters. The van der Waals surface area contributed by atoms with E-state index < -0.39 is 0 Å². The smallest absolute Gasteiger partial charge is 0.319 e. The van der Waals surface area contributed by atoms with E-state index in [0.29, 0.717) is 0 Å². The molecule has 0 spiro atoms. The average molecular weight is 308 g/mol. The third kappa shape index (κ3) is 5.36. The van der Waals surface area contributed by atoms with Crippen LogP contribution in [0.4, 0.5) is 0 Å². The van der Waals surface area contributed by atoms with Crippen LogP contribution in [-0.2, 0) is 21.9 Å². The minimum absolute atomic E-state index is 0.0670. The van der Waals surface area contributed by atoms with Gasteiger partial charge in [-0.25, -0.2) is 0 Å². The Morgan fingerprint density at radius 1 is 1.24 bits per heavy atom. The summed E-state index contributed by atoms with van der Waals surface area (Å²) in [4.78, 5) is 12.1. The van der Waals surface area contributed by atoms with Crippen molar-refractivity contribution in [3.8, 4) is 0 Å². The van der Waals surface area contributed by atoms with E-state index in [2.05, 4.69) is 0 Å². The minimum atomic E-state index is -0.135. The predicted molar refractivity (Wildman–Crippen MR) is 86.1 cm³/mol. The number of aliphatic hydroxyl groups is 1. The summed E-state index contributed by atoms with van der Waals surface area (Å²) >= 11 is 1.60. The van der Waals surface area contributed by atoms with E-state index in [0.717, 1.165) is 29.7 Å². The normalized spacial score (nSPS) is 17.4. The van der Waals surface area contributed by atoms with Crippen molar-refractivity contribution in [2.24, 2.45) is 0 Å². The number of carbonyl (C=O) groups excluding carboxylic acids is 1. The van der Waals surface area contributed by atoms with Crippen molar-refractivity contribution < 1.29 is 14.6 Å². The number of rotatable bonds is 6. The maximum absolute atomic E-state index is 12.1. The van der Waals surface area contributed by atoms with E-state index in [1.54, 1.807) is 11.8 Å². The fourth-order valence-corrected chi connectivity index (χ4v) is 3.30. The lowest BCUT2D eigenvalue weighted by molar-refractivity contribution is -0.149. The van der Waals surface area contributed by atoms with Crippen molar-refractivity contribution >= 4 is 17.7 Å². The van der Waals surface area contributed by atoms with Gasteiger partial charge >= 0.3 is 5.97 Å². The lowest BCUT2D eigenvalue weighted by Crippen LogP contribution is -2.26. The summed E-state index contributed by atoms with van der Waals surface area (Å²) in [5.41, 5.74) is 2.07. The molecule has 1 N–H and O–H groups in total. The first-order valence-electron chi connectivity index (χ1n) is 7.70. The number of esters is 1. The molecule has 1 aromatic rings. The topological polar surface area (TPSA) is 46.5 Å². The van der Waals surface area contributed by atoms with Gasteiger partial charge in [-0.2, -0.15) is 0 Å². The second-order valence-electron chi connectivity index (χ2n) is 5.62. The van der Waals surface area contributed by atoms with Gasteiger partial charge in [-0.1, -0.05) is 30.7 Å². The van der Waals surface area contributed by atoms with Gasteiger partial charge in [-0.05, 0) is 43.7 Å². The molecule has 2 rings (SSSR count). The van der Waals surface area contributed by atoms with Crippen molar-refractivity contribution in [2.75, 3.05) is 0 Å². The van der Waals surface area contributed by atoms with Crippen LogP contribution in [0.25, 0.3) is 0 Å². The molecular weight excluding hydrogens is 284 g/mol. The lowest BCUT2D eigenvalue weighted by atomic mass is 9.98. The molecule has 0 bridgehead atoms. The lowest BCUT2D eigenvalue weighted by Gasteiger charge is -2.23. The van der Waals surface area contributed by atoms with Gasteiger partial charge in [0.2, 0.25) is 0 Å². The largest absolute Gasteiger partial charge is 0.462 e. The number of hydrogen-bond donors (Lipinski definition) is 1. The van der Waals surface area contributed by atoms with E-state index in [-0.39, 0.29) is 23.9 Å². The first kappa shape index (κ1) is 16.4. The fraction of sp³-hybridized carbons (Fsp3) is 0.588. The molecule has 1 fully saturated rings. The molecule has 0 radical (unpaired) electrons. The molecular formula is C17H24O3S. The molecule has 21 heavy (non-hydrogen) atoms. The van der Waals surface area contributed by atoms with E-state index in [1.807, 2.05) is 31.2 Å². The van der Waals surface area contributed by atoms with Crippen molar-refractivity contribution in [1.82, 2.24) is 0 Å². The predicted octanol–water partition coefficient (Wildman–Crippen LogP) is 3.68. The molecule has 3 nitrogen and oxygen atoms in total. The quantitative estimate of drug-likeness (QED) is 0.814. The van der Waals surface area contributed by atoms with Crippen molar-refractivity contribution in [3.05, 3.63) is 35.4 Å². The Labute approximate surface area is 131 Å². The van der Waals surface area contributed by atoms with Gasteiger partial charge in [0.25, 0.3) is 0 Å². The maximum Gasteiger partial charge on any atom is 0.319 e. The van der Waals surface area contributed by atoms with Crippen LogP contribution in [-0.4, -0.2) is 22.4 Å². The zero-order chi connectivity index (χ0) is 15.1.